The average Bonchev–Trinajstić information content (AvgIpc) is 3.14. The SMILES string of the molecule is O=C(N/N=C\c1ccc(Cl)c([N+](=O)[O-])c1)c1cc2c(ccc3ccccc32)o1. The molecule has 0 aliphatic rings. The number of amides is 1. The fourth-order valence-corrected chi connectivity index (χ4v) is 3.06. The van der Waals surface area contributed by atoms with Crippen molar-refractivity contribution in [2.75, 3.05) is 0 Å². The second kappa shape index (κ2) is 7.13. The number of nitrogens with one attached hydrogen (secondary N) is 1. The summed E-state index contributed by atoms with van der Waals surface area (Å²) < 4.78 is 5.61. The molecule has 0 bridgehead atoms. The molecule has 7 nitrogen and oxygen atoms in total. The highest BCUT2D eigenvalue weighted by atomic mass is 35.5. The van der Waals surface area contributed by atoms with Gasteiger partial charge in [0.25, 0.3) is 5.69 Å². The fraction of sp³-hybridized carbons (Fsp3) is 0. The number of furan rings is 1. The van der Waals surface area contributed by atoms with Gasteiger partial charge >= 0.3 is 5.91 Å². The highest BCUT2D eigenvalue weighted by Gasteiger charge is 2.14. The van der Waals surface area contributed by atoms with Crippen LogP contribution in [0.3, 0.4) is 0 Å². The number of halogens is 1. The Bertz CT molecular complexity index is 1260. The molecule has 0 saturated heterocycles. The summed E-state index contributed by atoms with van der Waals surface area (Å²) in [5, 5.41) is 17.6. The third-order valence-corrected chi connectivity index (χ3v) is 4.52. The number of nitro benzene ring substituents is 1. The van der Waals surface area contributed by atoms with E-state index in [2.05, 4.69) is 10.5 Å². The summed E-state index contributed by atoms with van der Waals surface area (Å²) in [4.78, 5) is 22.6. The number of benzene rings is 3. The molecule has 138 valence electrons. The smallest absolute Gasteiger partial charge is 0.307 e. The molecule has 3 aromatic carbocycles. The summed E-state index contributed by atoms with van der Waals surface area (Å²) in [6.45, 7) is 0. The minimum Gasteiger partial charge on any atom is -0.451 e. The van der Waals surface area contributed by atoms with Crippen LogP contribution in [0, 0.1) is 10.1 Å². The van der Waals surface area contributed by atoms with Crippen LogP contribution in [-0.4, -0.2) is 17.0 Å². The molecule has 0 radical (unpaired) electrons. The van der Waals surface area contributed by atoms with Crippen LogP contribution in [0.25, 0.3) is 21.7 Å². The summed E-state index contributed by atoms with van der Waals surface area (Å²) in [5.74, 6) is -0.411. The summed E-state index contributed by atoms with van der Waals surface area (Å²) in [6.07, 6.45) is 1.29. The lowest BCUT2D eigenvalue weighted by atomic mass is 10.1. The first-order valence-electron chi connectivity index (χ1n) is 8.21. The van der Waals surface area contributed by atoms with Gasteiger partial charge in [-0.3, -0.25) is 14.9 Å². The van der Waals surface area contributed by atoms with Gasteiger partial charge in [-0.25, -0.2) is 5.43 Å². The van der Waals surface area contributed by atoms with Gasteiger partial charge in [0.15, 0.2) is 5.76 Å². The van der Waals surface area contributed by atoms with Crippen molar-refractivity contribution in [2.24, 2.45) is 5.10 Å². The molecule has 0 atom stereocenters. The Hall–Kier alpha value is -3.71. The number of carbonyl (C=O) groups excluding carboxylic acids is 1. The van der Waals surface area contributed by atoms with Crippen LogP contribution in [0.4, 0.5) is 5.69 Å². The molecule has 0 unspecified atom stereocenters. The van der Waals surface area contributed by atoms with E-state index in [-0.39, 0.29) is 16.5 Å². The lowest BCUT2D eigenvalue weighted by Gasteiger charge is -1.98. The van der Waals surface area contributed by atoms with Crippen LogP contribution in [0.1, 0.15) is 16.1 Å². The van der Waals surface area contributed by atoms with E-state index in [1.54, 1.807) is 12.1 Å². The molecule has 0 aliphatic heterocycles. The second-order valence-corrected chi connectivity index (χ2v) is 6.38. The van der Waals surface area contributed by atoms with Crippen molar-refractivity contribution < 1.29 is 14.1 Å². The lowest BCUT2D eigenvalue weighted by Crippen LogP contribution is -2.16. The average molecular weight is 394 g/mol. The van der Waals surface area contributed by atoms with E-state index >= 15 is 0 Å². The minimum absolute atomic E-state index is 0.0284. The van der Waals surface area contributed by atoms with Crippen molar-refractivity contribution >= 4 is 51.2 Å². The van der Waals surface area contributed by atoms with E-state index in [4.69, 9.17) is 16.0 Å². The van der Waals surface area contributed by atoms with Crippen molar-refractivity contribution in [1.82, 2.24) is 5.43 Å². The van der Waals surface area contributed by atoms with E-state index in [0.717, 1.165) is 16.2 Å². The Morgan fingerprint density at radius 2 is 1.93 bits per heavy atom. The van der Waals surface area contributed by atoms with E-state index in [0.29, 0.717) is 11.1 Å². The maximum absolute atomic E-state index is 12.3. The molecule has 4 rings (SSSR count). The number of fused-ring (bicyclic) bond motifs is 3. The fourth-order valence-electron chi connectivity index (χ4n) is 2.87. The minimum atomic E-state index is -0.586. The standard InChI is InChI=1S/C20H12ClN3O4/c21-16-7-5-12(9-17(16)24(26)27)11-22-23-20(25)19-10-15-14-4-2-1-3-13(14)6-8-18(15)28-19/h1-11H,(H,23,25)/b22-11-. The zero-order valence-corrected chi connectivity index (χ0v) is 15.0. The summed E-state index contributed by atoms with van der Waals surface area (Å²) in [5.41, 5.74) is 3.14. The van der Waals surface area contributed by atoms with Crippen LogP contribution in [0.2, 0.25) is 5.02 Å². The van der Waals surface area contributed by atoms with Gasteiger partial charge in [-0.1, -0.05) is 48.0 Å². The maximum atomic E-state index is 12.3. The van der Waals surface area contributed by atoms with Crippen LogP contribution in [0.15, 0.2) is 70.2 Å². The quantitative estimate of drug-likeness (QED) is 0.302. The highest BCUT2D eigenvalue weighted by molar-refractivity contribution is 6.32. The van der Waals surface area contributed by atoms with Gasteiger partial charge in [-0.2, -0.15) is 5.10 Å². The van der Waals surface area contributed by atoms with Crippen molar-refractivity contribution in [3.8, 4) is 0 Å². The van der Waals surface area contributed by atoms with E-state index < -0.39 is 10.8 Å². The number of nitro groups is 1. The Labute approximate surface area is 163 Å². The first kappa shape index (κ1) is 17.7. The van der Waals surface area contributed by atoms with Crippen molar-refractivity contribution in [2.45, 2.75) is 0 Å². The maximum Gasteiger partial charge on any atom is 0.307 e. The topological polar surface area (TPSA) is 97.7 Å². The largest absolute Gasteiger partial charge is 0.451 e. The van der Waals surface area contributed by atoms with Crippen molar-refractivity contribution in [1.29, 1.82) is 0 Å². The molecule has 8 heteroatoms. The van der Waals surface area contributed by atoms with Gasteiger partial charge in [0, 0.05) is 17.0 Å². The molecule has 28 heavy (non-hydrogen) atoms. The third kappa shape index (κ3) is 3.30. The van der Waals surface area contributed by atoms with Gasteiger partial charge < -0.3 is 4.42 Å². The second-order valence-electron chi connectivity index (χ2n) is 5.98. The molecule has 1 amide bonds. The monoisotopic (exact) mass is 393 g/mol. The molecule has 0 saturated carbocycles. The van der Waals surface area contributed by atoms with Gasteiger partial charge in [0.2, 0.25) is 0 Å². The molecule has 0 fully saturated rings. The Morgan fingerprint density at radius 3 is 2.75 bits per heavy atom. The molecular formula is C20H12ClN3O4. The Balaban J connectivity index is 1.56. The van der Waals surface area contributed by atoms with Gasteiger partial charge in [0.05, 0.1) is 11.1 Å². The van der Waals surface area contributed by atoms with Gasteiger partial charge in [-0.15, -0.1) is 0 Å². The Kier molecular flexibility index (Phi) is 4.50. The Morgan fingerprint density at radius 1 is 1.11 bits per heavy atom. The number of nitrogens with zero attached hydrogens (tertiary/aromatic N) is 2. The van der Waals surface area contributed by atoms with Crippen LogP contribution >= 0.6 is 11.6 Å². The number of hydrazone groups is 1. The molecule has 4 aromatic rings. The van der Waals surface area contributed by atoms with Crippen LogP contribution in [-0.2, 0) is 0 Å². The zero-order valence-electron chi connectivity index (χ0n) is 14.3. The lowest BCUT2D eigenvalue weighted by molar-refractivity contribution is -0.384. The van der Waals surface area contributed by atoms with Gasteiger partial charge in [-0.05, 0) is 29.0 Å². The van der Waals surface area contributed by atoms with E-state index in [1.807, 2.05) is 36.4 Å². The first-order chi connectivity index (χ1) is 13.5. The van der Waals surface area contributed by atoms with E-state index in [9.17, 15) is 14.9 Å². The number of carbonyl (C=O) groups is 1. The van der Waals surface area contributed by atoms with Crippen molar-refractivity contribution in [3.05, 3.63) is 87.1 Å². The van der Waals surface area contributed by atoms with Gasteiger partial charge in [0.1, 0.15) is 10.6 Å². The summed E-state index contributed by atoms with van der Waals surface area (Å²) in [6, 6.07) is 17.4. The van der Waals surface area contributed by atoms with Crippen LogP contribution < -0.4 is 5.43 Å². The number of hydrogen-bond acceptors (Lipinski definition) is 5. The molecular weight excluding hydrogens is 382 g/mol. The molecule has 0 spiro atoms. The number of hydrogen-bond donors (Lipinski definition) is 1. The first-order valence-corrected chi connectivity index (χ1v) is 8.59. The van der Waals surface area contributed by atoms with Crippen LogP contribution in [0.5, 0.6) is 0 Å². The predicted molar refractivity (Wildman–Crippen MR) is 107 cm³/mol. The molecule has 1 aromatic heterocycles. The molecule has 1 N–H and O–H groups in total. The molecule has 0 aliphatic carbocycles. The number of rotatable bonds is 4. The molecule has 1 heterocycles. The normalized spacial score (nSPS) is 11.3. The summed E-state index contributed by atoms with van der Waals surface area (Å²) in [7, 11) is 0. The van der Waals surface area contributed by atoms with E-state index in [1.165, 1.54) is 18.3 Å². The van der Waals surface area contributed by atoms with Crippen molar-refractivity contribution in [3.63, 3.8) is 0 Å². The predicted octanol–water partition coefficient (Wildman–Crippen LogP) is 4.91. The highest BCUT2D eigenvalue weighted by Crippen LogP contribution is 2.28. The zero-order chi connectivity index (χ0) is 19.7. The third-order valence-electron chi connectivity index (χ3n) is 4.20. The summed E-state index contributed by atoms with van der Waals surface area (Å²) >= 11 is 5.77.